The molecule has 342 valence electrons. The van der Waals surface area contributed by atoms with Crippen LogP contribution in [-0.4, -0.2) is 68.4 Å². The highest BCUT2D eigenvalue weighted by Gasteiger charge is 2.27. The summed E-state index contributed by atoms with van der Waals surface area (Å²) < 4.78 is 9.52. The number of methoxy groups -OCH3 is 1. The van der Waals surface area contributed by atoms with Gasteiger partial charge in [-0.15, -0.1) is 0 Å². The molecule has 17 nitrogen and oxygen atoms in total. The molecule has 2 saturated carbocycles. The number of nitrogen functional groups attached to an aromatic ring is 2. The van der Waals surface area contributed by atoms with Crippen molar-refractivity contribution < 1.29 is 14.3 Å². The minimum Gasteiger partial charge on any atom is -0.383 e. The van der Waals surface area contributed by atoms with E-state index < -0.39 is 0 Å². The van der Waals surface area contributed by atoms with Gasteiger partial charge in [-0.2, -0.15) is 10.2 Å². The lowest BCUT2D eigenvalue weighted by atomic mass is 10.00. The van der Waals surface area contributed by atoms with Gasteiger partial charge in [-0.3, -0.25) is 19.6 Å². The number of aryl methyl sites for hydroxylation is 2. The van der Waals surface area contributed by atoms with Crippen LogP contribution in [0, 0.1) is 13.8 Å². The molecule has 17 heteroatoms. The molecule has 2 aliphatic carbocycles. The Bertz CT molecular complexity index is 3060. The predicted octanol–water partition coefficient (Wildman–Crippen LogP) is 7.79. The zero-order valence-corrected chi connectivity index (χ0v) is 37.9. The van der Waals surface area contributed by atoms with Crippen LogP contribution in [0.2, 0.25) is 0 Å². The van der Waals surface area contributed by atoms with E-state index in [1.165, 1.54) is 38.3 Å². The largest absolute Gasteiger partial charge is 0.383 e. The summed E-state index contributed by atoms with van der Waals surface area (Å²) in [6, 6.07) is 21.8. The fourth-order valence-electron chi connectivity index (χ4n) is 9.20. The Labute approximate surface area is 387 Å². The number of benzene rings is 3. The Kier molecular flexibility index (Phi) is 13.2. The number of rotatable bonds is 12. The molecule has 0 radical (unpaired) electrons. The van der Waals surface area contributed by atoms with Gasteiger partial charge < -0.3 is 26.8 Å². The van der Waals surface area contributed by atoms with E-state index in [0.717, 1.165) is 75.9 Å². The number of ether oxygens (including phenoxy) is 1. The summed E-state index contributed by atoms with van der Waals surface area (Å²) in [6.07, 6.45) is 15.4. The number of carbonyl (C=O) groups is 2. The second kappa shape index (κ2) is 19.8. The molecule has 0 aliphatic heterocycles. The molecular formula is C50H54N14O3. The van der Waals surface area contributed by atoms with E-state index in [1.54, 1.807) is 25.6 Å². The van der Waals surface area contributed by atoms with E-state index in [-0.39, 0.29) is 18.4 Å². The summed E-state index contributed by atoms with van der Waals surface area (Å²) >= 11 is 0. The van der Waals surface area contributed by atoms with E-state index in [9.17, 15) is 9.59 Å². The molecule has 10 rings (SSSR count). The Hall–Kier alpha value is -7.66. The maximum absolute atomic E-state index is 12.7. The highest BCUT2D eigenvalue weighted by molar-refractivity contribution is 6.00. The molecule has 0 saturated heterocycles. The number of nitrogens with one attached hydrogen (secondary N) is 2. The van der Waals surface area contributed by atoms with Gasteiger partial charge in [0.2, 0.25) is 0 Å². The first-order valence-electron chi connectivity index (χ1n) is 22.8. The smallest absolute Gasteiger partial charge is 0.251 e. The van der Waals surface area contributed by atoms with Gasteiger partial charge in [0.1, 0.15) is 41.4 Å². The standard InChI is InChI=1S/C27H30N6O2.C23H24N8O/c1-17-7-3-6-10-21(17)27(34)29-14-18-11-12-22(19(13-18)15-35-2)24-23-25(28)30-16-31-26(23)33(32-24)20-8-4-5-9-20;1-14-6-2-5-9-17(14)23(32)27-11-15-10-26-18(12-25-15)20-19-21(24)28-13-29-22(19)31(30-20)16-7-3-4-8-16/h3,6-7,10-13,16,20H,4-5,8-9,14-15H2,1-2H3,(H,29,34)(H2,28,30,31);2,5-6,9-10,12-13,16H,3-4,7-8,11H2,1H3,(H,27,32)(H2,24,28,29). The summed E-state index contributed by atoms with van der Waals surface area (Å²) in [5, 5.41) is 17.2. The summed E-state index contributed by atoms with van der Waals surface area (Å²) in [6.45, 7) is 4.94. The lowest BCUT2D eigenvalue weighted by Crippen LogP contribution is -2.24. The van der Waals surface area contributed by atoms with Crippen molar-refractivity contribution in [3.8, 4) is 22.6 Å². The monoisotopic (exact) mass is 898 g/mol. The van der Waals surface area contributed by atoms with Crippen LogP contribution in [0.25, 0.3) is 44.7 Å². The SMILES string of the molecule is COCc1cc(CNC(=O)c2ccccc2C)ccc1-c1nn(C2CCCC2)c2ncnc(N)c12.Cc1ccccc1C(=O)NCc1cnc(-c2nn(C3CCCC3)c3ncnc(N)c23)cn1. The number of nitrogens with zero attached hydrogens (tertiary/aromatic N) is 10. The highest BCUT2D eigenvalue weighted by Crippen LogP contribution is 2.39. The second-order valence-corrected chi connectivity index (χ2v) is 17.2. The molecule has 0 spiro atoms. The number of aromatic nitrogens is 10. The quantitative estimate of drug-likeness (QED) is 0.0918. The van der Waals surface area contributed by atoms with Gasteiger partial charge in [-0.25, -0.2) is 29.3 Å². The van der Waals surface area contributed by atoms with Gasteiger partial charge in [0.05, 0.1) is 54.1 Å². The molecule has 5 heterocycles. The number of fused-ring (bicyclic) bond motifs is 2. The van der Waals surface area contributed by atoms with E-state index in [4.69, 9.17) is 26.4 Å². The van der Waals surface area contributed by atoms with Crippen LogP contribution in [0.4, 0.5) is 11.6 Å². The summed E-state index contributed by atoms with van der Waals surface area (Å²) in [4.78, 5) is 51.5. The van der Waals surface area contributed by atoms with Crippen molar-refractivity contribution in [1.82, 2.24) is 60.1 Å². The van der Waals surface area contributed by atoms with E-state index in [0.29, 0.717) is 70.5 Å². The number of carbonyl (C=O) groups excluding carboxylic acids is 2. The van der Waals surface area contributed by atoms with E-state index >= 15 is 0 Å². The van der Waals surface area contributed by atoms with Crippen LogP contribution in [-0.2, 0) is 24.4 Å². The Morgan fingerprint density at radius 3 is 1.73 bits per heavy atom. The topological polar surface area (TPSA) is 232 Å². The number of nitrogens with two attached hydrogens (primary N) is 2. The van der Waals surface area contributed by atoms with Gasteiger partial charge in [-0.05, 0) is 73.9 Å². The Morgan fingerprint density at radius 2 is 1.19 bits per heavy atom. The molecule has 0 unspecified atom stereocenters. The Balaban J connectivity index is 0.000000169. The first kappa shape index (κ1) is 44.5. The maximum atomic E-state index is 12.7. The Morgan fingerprint density at radius 1 is 0.657 bits per heavy atom. The van der Waals surface area contributed by atoms with Crippen LogP contribution < -0.4 is 22.1 Å². The van der Waals surface area contributed by atoms with Crippen LogP contribution >= 0.6 is 0 Å². The normalized spacial score (nSPS) is 14.1. The lowest BCUT2D eigenvalue weighted by Gasteiger charge is -2.12. The zero-order valence-electron chi connectivity index (χ0n) is 37.9. The van der Waals surface area contributed by atoms with Crippen molar-refractivity contribution in [3.63, 3.8) is 0 Å². The van der Waals surface area contributed by atoms with Crippen molar-refractivity contribution in [3.05, 3.63) is 131 Å². The van der Waals surface area contributed by atoms with Crippen molar-refractivity contribution in [1.29, 1.82) is 0 Å². The minimum absolute atomic E-state index is 0.0910. The molecule has 67 heavy (non-hydrogen) atoms. The van der Waals surface area contributed by atoms with Crippen molar-refractivity contribution in [2.24, 2.45) is 0 Å². The third-order valence-electron chi connectivity index (χ3n) is 12.7. The van der Waals surface area contributed by atoms with E-state index in [1.807, 2.05) is 77.8 Å². The summed E-state index contributed by atoms with van der Waals surface area (Å²) in [7, 11) is 1.67. The first-order chi connectivity index (χ1) is 32.7. The van der Waals surface area contributed by atoms with Crippen molar-refractivity contribution in [2.75, 3.05) is 18.6 Å². The predicted molar refractivity (Wildman–Crippen MR) is 256 cm³/mol. The minimum atomic E-state index is -0.139. The van der Waals surface area contributed by atoms with Crippen LogP contribution in [0.1, 0.15) is 112 Å². The number of anilines is 2. The molecule has 2 fully saturated rings. The molecule has 0 bridgehead atoms. The second-order valence-electron chi connectivity index (χ2n) is 17.2. The molecule has 8 aromatic rings. The molecule has 6 N–H and O–H groups in total. The van der Waals surface area contributed by atoms with Gasteiger partial charge in [0.25, 0.3) is 11.8 Å². The average molecular weight is 899 g/mol. The molecule has 2 aliphatic rings. The fourth-order valence-corrected chi connectivity index (χ4v) is 9.20. The van der Waals surface area contributed by atoms with Gasteiger partial charge in [0, 0.05) is 30.3 Å². The molecule has 2 amide bonds. The molecule has 3 aromatic carbocycles. The van der Waals surface area contributed by atoms with Gasteiger partial charge >= 0.3 is 0 Å². The van der Waals surface area contributed by atoms with Crippen molar-refractivity contribution in [2.45, 2.75) is 97.0 Å². The first-order valence-corrected chi connectivity index (χ1v) is 22.8. The maximum Gasteiger partial charge on any atom is 0.251 e. The third kappa shape index (κ3) is 9.40. The number of hydrogen-bond acceptors (Lipinski definition) is 13. The average Bonchev–Trinajstić information content (AvgIpc) is 4.19. The third-order valence-corrected chi connectivity index (χ3v) is 12.7. The van der Waals surface area contributed by atoms with Crippen LogP contribution in [0.15, 0.2) is 91.8 Å². The number of amides is 2. The van der Waals surface area contributed by atoms with Gasteiger partial charge in [0.15, 0.2) is 11.3 Å². The fraction of sp³-hybridized carbons (Fsp3) is 0.320. The van der Waals surface area contributed by atoms with Crippen molar-refractivity contribution >= 4 is 45.5 Å². The van der Waals surface area contributed by atoms with Crippen LogP contribution in [0.5, 0.6) is 0 Å². The molecule has 5 aromatic heterocycles. The number of hydrogen-bond donors (Lipinski definition) is 4. The van der Waals surface area contributed by atoms with Gasteiger partial charge in [-0.1, -0.05) is 80.3 Å². The summed E-state index contributed by atoms with van der Waals surface area (Å²) in [5.74, 6) is 0.574. The zero-order chi connectivity index (χ0) is 46.4. The van der Waals surface area contributed by atoms with Crippen LogP contribution in [0.3, 0.4) is 0 Å². The lowest BCUT2D eigenvalue weighted by molar-refractivity contribution is 0.0942. The molecule has 0 atom stereocenters. The van der Waals surface area contributed by atoms with E-state index in [2.05, 4.69) is 46.6 Å². The molecular weight excluding hydrogens is 845 g/mol. The summed E-state index contributed by atoms with van der Waals surface area (Å²) in [5.41, 5.74) is 22.8. The highest BCUT2D eigenvalue weighted by atomic mass is 16.5.